The molecule has 1 aliphatic rings. The average Bonchev–Trinajstić information content (AvgIpc) is 2.66. The molecule has 1 saturated heterocycles. The molecule has 2 aromatic carbocycles. The zero-order valence-electron chi connectivity index (χ0n) is 16.2. The van der Waals surface area contributed by atoms with Crippen LogP contribution in [0.1, 0.15) is 50.0 Å². The Kier molecular flexibility index (Phi) is 6.18. The Morgan fingerprint density at radius 1 is 1.11 bits per heavy atom. The first kappa shape index (κ1) is 20.5. The van der Waals surface area contributed by atoms with Crippen LogP contribution in [0.25, 0.3) is 0 Å². The van der Waals surface area contributed by atoms with Gasteiger partial charge in [-0.15, -0.1) is 0 Å². The van der Waals surface area contributed by atoms with Crippen molar-refractivity contribution in [3.8, 4) is 0 Å². The second kappa shape index (κ2) is 8.43. The summed E-state index contributed by atoms with van der Waals surface area (Å²) in [7, 11) is -3.52. The maximum atomic E-state index is 13.5. The molecule has 28 heavy (non-hydrogen) atoms. The third-order valence-electron chi connectivity index (χ3n) is 4.74. The highest BCUT2D eigenvalue weighted by Gasteiger charge is 2.41. The molecule has 1 fully saturated rings. The minimum Gasteiger partial charge on any atom is -0.368 e. The highest BCUT2D eigenvalue weighted by Crippen LogP contribution is 2.63. The molecule has 8 heteroatoms. The predicted octanol–water partition coefficient (Wildman–Crippen LogP) is 5.85. The first-order chi connectivity index (χ1) is 13.3. The van der Waals surface area contributed by atoms with Gasteiger partial charge in [0.1, 0.15) is 0 Å². The number of hydrogen-bond acceptors (Lipinski definition) is 6. The van der Waals surface area contributed by atoms with Crippen molar-refractivity contribution in [1.82, 2.24) is 0 Å². The van der Waals surface area contributed by atoms with Gasteiger partial charge in [-0.3, -0.25) is 14.7 Å². The van der Waals surface area contributed by atoms with Gasteiger partial charge < -0.3 is 14.4 Å². The highest BCUT2D eigenvalue weighted by atomic mass is 31.2. The molecule has 3 rings (SSSR count). The SMILES string of the molecule is CC(C)c1ccc(N[C@H](c2ccc([N+](=O)[O-])cc2)[P@]2(=O)OCC[C@@H](C)O2)cc1. The molecule has 0 saturated carbocycles. The van der Waals surface area contributed by atoms with Crippen molar-refractivity contribution >= 4 is 19.0 Å². The number of hydrogen-bond donors (Lipinski definition) is 1. The van der Waals surface area contributed by atoms with Crippen LogP contribution in [-0.2, 0) is 13.6 Å². The summed E-state index contributed by atoms with van der Waals surface area (Å²) in [5, 5.41) is 14.2. The summed E-state index contributed by atoms with van der Waals surface area (Å²) in [6, 6.07) is 13.8. The number of benzene rings is 2. The molecule has 0 radical (unpaired) electrons. The van der Waals surface area contributed by atoms with Crippen molar-refractivity contribution in [3.05, 3.63) is 69.8 Å². The molecule has 3 atom stereocenters. The largest absolute Gasteiger partial charge is 0.368 e. The Bertz CT molecular complexity index is 867. The van der Waals surface area contributed by atoms with E-state index in [1.54, 1.807) is 12.1 Å². The van der Waals surface area contributed by atoms with Crippen LogP contribution in [0.3, 0.4) is 0 Å². The van der Waals surface area contributed by atoms with Crippen LogP contribution in [-0.4, -0.2) is 17.6 Å². The van der Waals surface area contributed by atoms with Gasteiger partial charge in [-0.1, -0.05) is 26.0 Å². The van der Waals surface area contributed by atoms with Gasteiger partial charge in [-0.05, 0) is 54.7 Å². The number of rotatable bonds is 6. The number of nitrogens with one attached hydrogen (secondary N) is 1. The second-order valence-electron chi connectivity index (χ2n) is 7.25. The Morgan fingerprint density at radius 2 is 1.71 bits per heavy atom. The lowest BCUT2D eigenvalue weighted by atomic mass is 10.0. The summed E-state index contributed by atoms with van der Waals surface area (Å²) in [6.45, 7) is 6.44. The number of nitrogens with zero attached hydrogens (tertiary/aromatic N) is 1. The average molecular weight is 404 g/mol. The summed E-state index contributed by atoms with van der Waals surface area (Å²) >= 11 is 0. The quantitative estimate of drug-likeness (QED) is 0.369. The van der Waals surface area contributed by atoms with Crippen molar-refractivity contribution in [3.63, 3.8) is 0 Å². The number of anilines is 1. The van der Waals surface area contributed by atoms with E-state index in [0.717, 1.165) is 5.69 Å². The van der Waals surface area contributed by atoms with E-state index in [0.29, 0.717) is 24.5 Å². The molecule has 1 aliphatic heterocycles. The molecule has 150 valence electrons. The van der Waals surface area contributed by atoms with Crippen LogP contribution < -0.4 is 5.32 Å². The van der Waals surface area contributed by atoms with Crippen molar-refractivity contribution in [2.75, 3.05) is 11.9 Å². The first-order valence-electron chi connectivity index (χ1n) is 9.32. The third-order valence-corrected chi connectivity index (χ3v) is 6.99. The Labute approximate surface area is 164 Å². The lowest BCUT2D eigenvalue weighted by Gasteiger charge is -2.34. The lowest BCUT2D eigenvalue weighted by Crippen LogP contribution is -2.23. The summed E-state index contributed by atoms with van der Waals surface area (Å²) in [5.41, 5.74) is 2.55. The molecule has 0 spiro atoms. The Hall–Kier alpha value is -2.21. The number of nitro benzene ring substituents is 1. The molecule has 0 aliphatic carbocycles. The van der Waals surface area contributed by atoms with E-state index in [4.69, 9.17) is 9.05 Å². The van der Waals surface area contributed by atoms with Crippen LogP contribution in [0, 0.1) is 10.1 Å². The molecule has 7 nitrogen and oxygen atoms in total. The molecule has 1 N–H and O–H groups in total. The van der Waals surface area contributed by atoms with Gasteiger partial charge in [-0.2, -0.15) is 0 Å². The molecule has 0 unspecified atom stereocenters. The van der Waals surface area contributed by atoms with Crippen LogP contribution in [0.15, 0.2) is 48.5 Å². The molecule has 0 amide bonds. The van der Waals surface area contributed by atoms with Gasteiger partial charge in [0.05, 0.1) is 17.6 Å². The molecular weight excluding hydrogens is 379 g/mol. The van der Waals surface area contributed by atoms with E-state index in [1.165, 1.54) is 17.7 Å². The fourth-order valence-electron chi connectivity index (χ4n) is 3.06. The van der Waals surface area contributed by atoms with Gasteiger partial charge in [-0.25, -0.2) is 0 Å². The molecular formula is C20H25N2O5P. The Morgan fingerprint density at radius 3 is 2.25 bits per heavy atom. The smallest absolute Gasteiger partial charge is 0.357 e. The second-order valence-corrected chi connectivity index (χ2v) is 9.32. The monoisotopic (exact) mass is 404 g/mol. The maximum Gasteiger partial charge on any atom is 0.357 e. The highest BCUT2D eigenvalue weighted by molar-refractivity contribution is 7.54. The number of non-ortho nitro benzene ring substituents is 1. The van der Waals surface area contributed by atoms with Crippen LogP contribution in [0.2, 0.25) is 0 Å². The maximum absolute atomic E-state index is 13.5. The van der Waals surface area contributed by atoms with E-state index in [9.17, 15) is 14.7 Å². The molecule has 1 heterocycles. The fourth-order valence-corrected chi connectivity index (χ4v) is 5.20. The third kappa shape index (κ3) is 4.61. The van der Waals surface area contributed by atoms with Gasteiger partial charge in [0.2, 0.25) is 0 Å². The summed E-state index contributed by atoms with van der Waals surface area (Å²) in [5.74, 6) is -0.357. The fraction of sp³-hybridized carbons (Fsp3) is 0.400. The summed E-state index contributed by atoms with van der Waals surface area (Å²) in [4.78, 5) is 10.5. The van der Waals surface area contributed by atoms with Crippen LogP contribution in [0.4, 0.5) is 11.4 Å². The van der Waals surface area contributed by atoms with E-state index >= 15 is 0 Å². The van der Waals surface area contributed by atoms with Gasteiger partial charge >= 0.3 is 7.60 Å². The van der Waals surface area contributed by atoms with E-state index < -0.39 is 18.3 Å². The zero-order valence-corrected chi connectivity index (χ0v) is 17.1. The normalized spacial score (nSPS) is 23.4. The van der Waals surface area contributed by atoms with E-state index in [-0.39, 0.29) is 11.8 Å². The summed E-state index contributed by atoms with van der Waals surface area (Å²) in [6.07, 6.45) is 0.477. The summed E-state index contributed by atoms with van der Waals surface area (Å²) < 4.78 is 24.8. The van der Waals surface area contributed by atoms with Crippen LogP contribution in [0.5, 0.6) is 0 Å². The molecule has 0 bridgehead atoms. The predicted molar refractivity (Wildman–Crippen MR) is 109 cm³/mol. The molecule has 0 aromatic heterocycles. The van der Waals surface area contributed by atoms with Crippen molar-refractivity contribution in [2.45, 2.75) is 45.0 Å². The standard InChI is InChI=1S/C20H25N2O5P/c1-14(2)16-4-8-18(9-5-16)21-20(28(25)26-13-12-15(3)27-28)17-6-10-19(11-7-17)22(23)24/h4-11,14-15,20-21H,12-13H2,1-3H3/t15-,20+,28+/m1/s1. The minimum absolute atomic E-state index is 0.0269. The van der Waals surface area contributed by atoms with Crippen molar-refractivity contribution in [2.24, 2.45) is 0 Å². The lowest BCUT2D eigenvalue weighted by molar-refractivity contribution is -0.384. The Balaban J connectivity index is 1.94. The topological polar surface area (TPSA) is 90.7 Å². The van der Waals surface area contributed by atoms with Gasteiger partial charge in [0.15, 0.2) is 5.78 Å². The molecule has 2 aromatic rings. The van der Waals surface area contributed by atoms with E-state index in [2.05, 4.69) is 19.2 Å². The van der Waals surface area contributed by atoms with E-state index in [1.807, 2.05) is 31.2 Å². The van der Waals surface area contributed by atoms with Gasteiger partial charge in [0, 0.05) is 17.8 Å². The number of nitro groups is 1. The van der Waals surface area contributed by atoms with Crippen LogP contribution >= 0.6 is 7.60 Å². The first-order valence-corrected chi connectivity index (χ1v) is 10.9. The van der Waals surface area contributed by atoms with Crippen molar-refractivity contribution < 1.29 is 18.5 Å². The minimum atomic E-state index is -3.52. The zero-order chi connectivity index (χ0) is 20.3. The van der Waals surface area contributed by atoms with Gasteiger partial charge in [0.25, 0.3) is 5.69 Å². The van der Waals surface area contributed by atoms with Crippen molar-refractivity contribution in [1.29, 1.82) is 0 Å².